The van der Waals surface area contributed by atoms with Gasteiger partial charge in [-0.05, 0) is 32.4 Å². The van der Waals surface area contributed by atoms with E-state index >= 15 is 0 Å². The first-order valence-electron chi connectivity index (χ1n) is 7.85. The monoisotopic (exact) mass is 330 g/mol. The number of hydrogen-bond donors (Lipinski definition) is 2. The Hall–Kier alpha value is -0.430. The molecule has 21 heavy (non-hydrogen) atoms. The number of rotatable bonds is 6. The summed E-state index contributed by atoms with van der Waals surface area (Å²) in [7, 11) is -3.38. The lowest BCUT2D eigenvalue weighted by molar-refractivity contribution is 0.510. The molecule has 6 heteroatoms. The van der Waals surface area contributed by atoms with Gasteiger partial charge in [0.1, 0.15) is 0 Å². The molecule has 0 amide bonds. The highest BCUT2D eigenvalue weighted by molar-refractivity contribution is 7.89. The minimum absolute atomic E-state index is 0.106. The molecule has 1 aromatic rings. The maximum absolute atomic E-state index is 12.6. The summed E-state index contributed by atoms with van der Waals surface area (Å²) in [5.74, 6) is 0. The fourth-order valence-electron chi connectivity index (χ4n) is 2.81. The lowest BCUT2D eigenvalue weighted by Crippen LogP contribution is -2.34. The van der Waals surface area contributed by atoms with E-state index in [-0.39, 0.29) is 6.04 Å². The Bertz CT molecular complexity index is 544. The van der Waals surface area contributed by atoms with E-state index in [4.69, 9.17) is 0 Å². The molecule has 0 unspecified atom stereocenters. The fraction of sp³-hybridized carbons (Fsp3) is 0.733. The van der Waals surface area contributed by atoms with Gasteiger partial charge >= 0.3 is 0 Å². The number of thiophene rings is 1. The molecule has 4 nitrogen and oxygen atoms in total. The van der Waals surface area contributed by atoms with Crippen LogP contribution >= 0.6 is 11.3 Å². The zero-order chi connectivity index (χ0) is 15.3. The highest BCUT2D eigenvalue weighted by Gasteiger charge is 2.24. The Kier molecular flexibility index (Phi) is 6.22. The SMILES string of the molecule is CCNCc1cc(S(=O)(=O)NC2CCCCCC2)c(C)s1. The van der Waals surface area contributed by atoms with Gasteiger partial charge in [-0.15, -0.1) is 11.3 Å². The predicted octanol–water partition coefficient (Wildman–Crippen LogP) is 3.17. The van der Waals surface area contributed by atoms with E-state index in [2.05, 4.69) is 10.0 Å². The highest BCUT2D eigenvalue weighted by Crippen LogP contribution is 2.27. The van der Waals surface area contributed by atoms with E-state index in [0.29, 0.717) is 4.90 Å². The zero-order valence-electron chi connectivity index (χ0n) is 12.9. The molecule has 0 spiro atoms. The number of sulfonamides is 1. The molecule has 0 aromatic carbocycles. The Labute approximate surface area is 132 Å². The van der Waals surface area contributed by atoms with Crippen LogP contribution in [-0.2, 0) is 16.6 Å². The molecule has 0 aliphatic heterocycles. The van der Waals surface area contributed by atoms with Crippen LogP contribution in [-0.4, -0.2) is 21.0 Å². The van der Waals surface area contributed by atoms with Gasteiger partial charge in [0.15, 0.2) is 0 Å². The third-order valence-electron chi connectivity index (χ3n) is 3.94. The van der Waals surface area contributed by atoms with Crippen molar-refractivity contribution in [3.8, 4) is 0 Å². The van der Waals surface area contributed by atoms with E-state index in [1.807, 2.05) is 19.9 Å². The molecule has 2 rings (SSSR count). The molecule has 0 saturated heterocycles. The molecule has 0 atom stereocenters. The van der Waals surface area contributed by atoms with Crippen LogP contribution in [0.4, 0.5) is 0 Å². The van der Waals surface area contributed by atoms with E-state index in [1.54, 1.807) is 11.3 Å². The average molecular weight is 331 g/mol. The predicted molar refractivity (Wildman–Crippen MR) is 88.2 cm³/mol. The summed E-state index contributed by atoms with van der Waals surface area (Å²) in [6.07, 6.45) is 6.63. The normalized spacial score (nSPS) is 17.8. The second-order valence-electron chi connectivity index (χ2n) is 5.72. The lowest BCUT2D eigenvalue weighted by atomic mass is 10.1. The summed E-state index contributed by atoms with van der Waals surface area (Å²) in [4.78, 5) is 2.42. The van der Waals surface area contributed by atoms with Crippen LogP contribution in [0.2, 0.25) is 0 Å². The fourth-order valence-corrected chi connectivity index (χ4v) is 5.72. The second-order valence-corrected chi connectivity index (χ2v) is 8.75. The van der Waals surface area contributed by atoms with E-state index in [9.17, 15) is 8.42 Å². The average Bonchev–Trinajstić information content (AvgIpc) is 2.64. The standard InChI is InChI=1S/C15H26N2O2S2/c1-3-16-11-14-10-15(12(2)20-14)21(18,19)17-13-8-6-4-5-7-9-13/h10,13,16-17H,3-9,11H2,1-2H3. The topological polar surface area (TPSA) is 58.2 Å². The first-order valence-corrected chi connectivity index (χ1v) is 10.1. The van der Waals surface area contributed by atoms with Gasteiger partial charge in [0.2, 0.25) is 10.0 Å². The van der Waals surface area contributed by atoms with Crippen LogP contribution in [0.25, 0.3) is 0 Å². The van der Waals surface area contributed by atoms with Crippen molar-refractivity contribution in [1.82, 2.24) is 10.0 Å². The molecule has 0 radical (unpaired) electrons. The van der Waals surface area contributed by atoms with Crippen LogP contribution < -0.4 is 10.0 Å². The van der Waals surface area contributed by atoms with Crippen LogP contribution in [0.15, 0.2) is 11.0 Å². The lowest BCUT2D eigenvalue weighted by Gasteiger charge is -2.16. The third-order valence-corrected chi connectivity index (χ3v) is 6.77. The van der Waals surface area contributed by atoms with Gasteiger partial charge < -0.3 is 5.32 Å². The second kappa shape index (κ2) is 7.72. The molecular weight excluding hydrogens is 304 g/mol. The Balaban J connectivity index is 2.09. The molecule has 1 aliphatic carbocycles. The van der Waals surface area contributed by atoms with E-state index < -0.39 is 10.0 Å². The summed E-state index contributed by atoms with van der Waals surface area (Å²) in [5, 5.41) is 3.24. The number of hydrogen-bond acceptors (Lipinski definition) is 4. The van der Waals surface area contributed by atoms with Crippen molar-refractivity contribution in [2.75, 3.05) is 6.54 Å². The first-order chi connectivity index (χ1) is 10.0. The van der Waals surface area contributed by atoms with Gasteiger partial charge in [-0.3, -0.25) is 0 Å². The van der Waals surface area contributed by atoms with Crippen molar-refractivity contribution in [2.45, 2.75) is 69.9 Å². The van der Waals surface area contributed by atoms with Gasteiger partial charge in [0.25, 0.3) is 0 Å². The van der Waals surface area contributed by atoms with Gasteiger partial charge in [-0.25, -0.2) is 13.1 Å². The quantitative estimate of drug-likeness (QED) is 0.788. The molecule has 120 valence electrons. The van der Waals surface area contributed by atoms with Crippen molar-refractivity contribution in [3.63, 3.8) is 0 Å². The number of aryl methyl sites for hydroxylation is 1. The van der Waals surface area contributed by atoms with Gasteiger partial charge in [0.05, 0.1) is 4.90 Å². The largest absolute Gasteiger partial charge is 0.312 e. The Morgan fingerprint density at radius 2 is 1.90 bits per heavy atom. The van der Waals surface area contributed by atoms with Crippen molar-refractivity contribution in [1.29, 1.82) is 0 Å². The zero-order valence-corrected chi connectivity index (χ0v) is 14.6. The summed E-state index contributed by atoms with van der Waals surface area (Å²) in [5.41, 5.74) is 0. The molecular formula is C15H26N2O2S2. The van der Waals surface area contributed by atoms with Crippen molar-refractivity contribution < 1.29 is 8.42 Å². The minimum atomic E-state index is -3.38. The van der Waals surface area contributed by atoms with Crippen molar-refractivity contribution in [3.05, 3.63) is 15.8 Å². The van der Waals surface area contributed by atoms with Crippen molar-refractivity contribution in [2.24, 2.45) is 0 Å². The smallest absolute Gasteiger partial charge is 0.241 e. The molecule has 2 N–H and O–H groups in total. The maximum atomic E-state index is 12.6. The van der Waals surface area contributed by atoms with E-state index in [0.717, 1.165) is 48.5 Å². The minimum Gasteiger partial charge on any atom is -0.312 e. The Morgan fingerprint density at radius 3 is 2.52 bits per heavy atom. The number of nitrogens with one attached hydrogen (secondary N) is 2. The van der Waals surface area contributed by atoms with E-state index in [1.165, 1.54) is 12.8 Å². The molecule has 0 bridgehead atoms. The van der Waals surface area contributed by atoms with Gasteiger partial charge in [-0.2, -0.15) is 0 Å². The molecule has 1 fully saturated rings. The summed E-state index contributed by atoms with van der Waals surface area (Å²) in [6, 6.07) is 1.93. The summed E-state index contributed by atoms with van der Waals surface area (Å²) >= 11 is 1.57. The highest BCUT2D eigenvalue weighted by atomic mass is 32.2. The molecule has 1 aromatic heterocycles. The summed E-state index contributed by atoms with van der Waals surface area (Å²) in [6.45, 7) is 5.56. The van der Waals surface area contributed by atoms with Gasteiger partial charge in [0, 0.05) is 22.3 Å². The van der Waals surface area contributed by atoms with Crippen LogP contribution in [0, 0.1) is 6.92 Å². The molecule has 1 heterocycles. The maximum Gasteiger partial charge on any atom is 0.241 e. The molecule has 1 saturated carbocycles. The first kappa shape index (κ1) is 16.9. The Morgan fingerprint density at radius 1 is 1.24 bits per heavy atom. The molecule has 1 aliphatic rings. The summed E-state index contributed by atoms with van der Waals surface area (Å²) < 4.78 is 28.1. The van der Waals surface area contributed by atoms with Crippen LogP contribution in [0.5, 0.6) is 0 Å². The van der Waals surface area contributed by atoms with Gasteiger partial charge in [-0.1, -0.05) is 32.6 Å². The van der Waals surface area contributed by atoms with Crippen LogP contribution in [0.3, 0.4) is 0 Å². The van der Waals surface area contributed by atoms with Crippen molar-refractivity contribution >= 4 is 21.4 Å². The van der Waals surface area contributed by atoms with Crippen LogP contribution in [0.1, 0.15) is 55.2 Å². The third kappa shape index (κ3) is 4.77.